The molecule has 1 atom stereocenters. The van der Waals surface area contributed by atoms with Gasteiger partial charge in [-0.25, -0.2) is 0 Å². The number of rotatable bonds is 9. The average Bonchev–Trinajstić information content (AvgIpc) is 2.42. The molecule has 0 aliphatic heterocycles. The van der Waals surface area contributed by atoms with E-state index >= 15 is 0 Å². The fourth-order valence-corrected chi connectivity index (χ4v) is 2.00. The Kier molecular flexibility index (Phi) is 6.84. The summed E-state index contributed by atoms with van der Waals surface area (Å²) >= 11 is 0. The summed E-state index contributed by atoms with van der Waals surface area (Å²) in [5, 5.41) is 14.5. The van der Waals surface area contributed by atoms with Crippen LogP contribution in [0.5, 0.6) is 5.75 Å². The number of unbranched alkanes of at least 4 members (excludes halogenated alkanes) is 1. The summed E-state index contributed by atoms with van der Waals surface area (Å²) in [4.78, 5) is 10.9. The zero-order valence-electron chi connectivity index (χ0n) is 12.5. The number of para-hydroxylation sites is 1. The lowest BCUT2D eigenvalue weighted by Gasteiger charge is -2.16. The van der Waals surface area contributed by atoms with E-state index in [1.165, 1.54) is 0 Å². The van der Waals surface area contributed by atoms with E-state index in [0.717, 1.165) is 25.7 Å². The number of benzene rings is 1. The lowest BCUT2D eigenvalue weighted by atomic mass is 10.1. The average molecular weight is 280 g/mol. The molecular formula is C15H24N2O3. The van der Waals surface area contributed by atoms with Crippen LogP contribution < -0.4 is 10.1 Å². The first-order chi connectivity index (χ1) is 9.60. The Morgan fingerprint density at radius 3 is 2.70 bits per heavy atom. The van der Waals surface area contributed by atoms with Crippen LogP contribution in [0.2, 0.25) is 0 Å². The van der Waals surface area contributed by atoms with Crippen molar-refractivity contribution in [1.82, 2.24) is 0 Å². The summed E-state index contributed by atoms with van der Waals surface area (Å²) in [5.74, 6) is 0.338. The van der Waals surface area contributed by atoms with Gasteiger partial charge in [0.2, 0.25) is 0 Å². The van der Waals surface area contributed by atoms with E-state index in [-0.39, 0.29) is 16.7 Å². The van der Waals surface area contributed by atoms with Gasteiger partial charge >= 0.3 is 5.69 Å². The Morgan fingerprint density at radius 2 is 2.10 bits per heavy atom. The Bertz CT molecular complexity index is 435. The van der Waals surface area contributed by atoms with Gasteiger partial charge in [0.1, 0.15) is 5.69 Å². The maximum Gasteiger partial charge on any atom is 0.333 e. The lowest BCUT2D eigenvalue weighted by molar-refractivity contribution is -0.385. The molecule has 5 nitrogen and oxygen atoms in total. The number of nitro benzene ring substituents is 1. The molecule has 0 aromatic heterocycles. The number of nitrogens with one attached hydrogen (secondary N) is 1. The van der Waals surface area contributed by atoms with Crippen LogP contribution in [0.4, 0.5) is 11.4 Å². The minimum atomic E-state index is -0.375. The van der Waals surface area contributed by atoms with Gasteiger partial charge in [0, 0.05) is 6.04 Å². The topological polar surface area (TPSA) is 64.4 Å². The van der Waals surface area contributed by atoms with Crippen molar-refractivity contribution in [3.05, 3.63) is 28.3 Å². The SMILES string of the molecule is CCCCC(C)Nc1cccc(OCCC)c1[N+](=O)[O-]. The van der Waals surface area contributed by atoms with Crippen molar-refractivity contribution in [2.45, 2.75) is 52.5 Å². The third kappa shape index (κ3) is 4.72. The highest BCUT2D eigenvalue weighted by Crippen LogP contribution is 2.35. The molecule has 112 valence electrons. The Hall–Kier alpha value is -1.78. The van der Waals surface area contributed by atoms with Crippen molar-refractivity contribution >= 4 is 11.4 Å². The van der Waals surface area contributed by atoms with Crippen molar-refractivity contribution < 1.29 is 9.66 Å². The minimum absolute atomic E-state index is 0.0318. The van der Waals surface area contributed by atoms with Crippen LogP contribution in [0.25, 0.3) is 0 Å². The molecule has 0 amide bonds. The number of nitrogens with zero attached hydrogens (tertiary/aromatic N) is 1. The van der Waals surface area contributed by atoms with Crippen molar-refractivity contribution in [2.24, 2.45) is 0 Å². The summed E-state index contributed by atoms with van der Waals surface area (Å²) in [5.41, 5.74) is 0.566. The molecule has 5 heteroatoms. The van der Waals surface area contributed by atoms with Crippen LogP contribution in [0, 0.1) is 10.1 Å². The van der Waals surface area contributed by atoms with E-state index < -0.39 is 0 Å². The molecule has 0 saturated carbocycles. The first-order valence-electron chi connectivity index (χ1n) is 7.26. The first kappa shape index (κ1) is 16.3. The number of hydrogen-bond acceptors (Lipinski definition) is 4. The van der Waals surface area contributed by atoms with Crippen LogP contribution >= 0.6 is 0 Å². The van der Waals surface area contributed by atoms with E-state index in [0.29, 0.717) is 18.0 Å². The van der Waals surface area contributed by atoms with Gasteiger partial charge in [0.25, 0.3) is 0 Å². The second kappa shape index (κ2) is 8.40. The molecule has 0 saturated heterocycles. The van der Waals surface area contributed by atoms with Crippen LogP contribution in [-0.4, -0.2) is 17.6 Å². The van der Waals surface area contributed by atoms with Crippen molar-refractivity contribution in [3.63, 3.8) is 0 Å². The maximum atomic E-state index is 11.3. The normalized spacial score (nSPS) is 11.9. The van der Waals surface area contributed by atoms with Gasteiger partial charge in [0.05, 0.1) is 11.5 Å². The quantitative estimate of drug-likeness (QED) is 0.538. The van der Waals surface area contributed by atoms with Gasteiger partial charge in [-0.2, -0.15) is 0 Å². The van der Waals surface area contributed by atoms with Crippen molar-refractivity contribution in [1.29, 1.82) is 0 Å². The van der Waals surface area contributed by atoms with E-state index in [4.69, 9.17) is 4.74 Å². The second-order valence-corrected chi connectivity index (χ2v) is 4.95. The van der Waals surface area contributed by atoms with E-state index in [1.54, 1.807) is 18.2 Å². The summed E-state index contributed by atoms with van der Waals surface area (Å²) in [6.07, 6.45) is 4.04. The fourth-order valence-electron chi connectivity index (χ4n) is 2.00. The molecule has 1 aromatic carbocycles. The maximum absolute atomic E-state index is 11.3. The molecule has 0 heterocycles. The molecule has 1 N–H and O–H groups in total. The summed E-state index contributed by atoms with van der Waals surface area (Å²) in [7, 11) is 0. The smallest absolute Gasteiger partial charge is 0.333 e. The predicted molar refractivity (Wildman–Crippen MR) is 81.5 cm³/mol. The molecule has 20 heavy (non-hydrogen) atoms. The number of anilines is 1. The Morgan fingerprint density at radius 1 is 1.35 bits per heavy atom. The Balaban J connectivity index is 2.91. The first-order valence-corrected chi connectivity index (χ1v) is 7.26. The fraction of sp³-hybridized carbons (Fsp3) is 0.600. The molecule has 0 spiro atoms. The van der Waals surface area contributed by atoms with Gasteiger partial charge in [-0.15, -0.1) is 0 Å². The van der Waals surface area contributed by atoms with Crippen LogP contribution in [0.15, 0.2) is 18.2 Å². The number of ether oxygens (including phenoxy) is 1. The summed E-state index contributed by atoms with van der Waals surface area (Å²) in [6.45, 7) is 6.63. The third-order valence-corrected chi connectivity index (χ3v) is 3.04. The van der Waals surface area contributed by atoms with Crippen LogP contribution in [-0.2, 0) is 0 Å². The molecule has 0 aliphatic rings. The Labute approximate surface area is 120 Å². The molecule has 0 bridgehead atoms. The van der Waals surface area contributed by atoms with Gasteiger partial charge in [-0.05, 0) is 31.9 Å². The lowest BCUT2D eigenvalue weighted by Crippen LogP contribution is -2.16. The molecular weight excluding hydrogens is 256 g/mol. The number of nitro groups is 1. The van der Waals surface area contributed by atoms with Gasteiger partial charge in [-0.1, -0.05) is 32.8 Å². The predicted octanol–water partition coefficient (Wildman–Crippen LogP) is 4.37. The van der Waals surface area contributed by atoms with E-state index in [9.17, 15) is 10.1 Å². The monoisotopic (exact) mass is 280 g/mol. The van der Waals surface area contributed by atoms with Gasteiger partial charge in [0.15, 0.2) is 5.75 Å². The highest BCUT2D eigenvalue weighted by atomic mass is 16.6. The van der Waals surface area contributed by atoms with E-state index in [1.807, 2.05) is 13.8 Å². The van der Waals surface area contributed by atoms with Crippen molar-refractivity contribution in [2.75, 3.05) is 11.9 Å². The van der Waals surface area contributed by atoms with Gasteiger partial charge < -0.3 is 10.1 Å². The molecule has 1 aromatic rings. The van der Waals surface area contributed by atoms with Crippen LogP contribution in [0.3, 0.4) is 0 Å². The van der Waals surface area contributed by atoms with Crippen molar-refractivity contribution in [3.8, 4) is 5.75 Å². The minimum Gasteiger partial charge on any atom is -0.487 e. The summed E-state index contributed by atoms with van der Waals surface area (Å²) < 4.78 is 5.47. The van der Waals surface area contributed by atoms with Gasteiger partial charge in [-0.3, -0.25) is 10.1 Å². The molecule has 0 fully saturated rings. The highest BCUT2D eigenvalue weighted by Gasteiger charge is 2.21. The zero-order chi connectivity index (χ0) is 15.0. The zero-order valence-corrected chi connectivity index (χ0v) is 12.5. The largest absolute Gasteiger partial charge is 0.487 e. The third-order valence-electron chi connectivity index (χ3n) is 3.04. The standard InChI is InChI=1S/C15H24N2O3/c1-4-6-8-12(3)16-13-9-7-10-14(20-11-5-2)15(13)17(18)19/h7,9-10,12,16H,4-6,8,11H2,1-3H3. The summed E-state index contributed by atoms with van der Waals surface area (Å²) in [6, 6.07) is 5.37. The van der Waals surface area contributed by atoms with E-state index in [2.05, 4.69) is 12.2 Å². The highest BCUT2D eigenvalue weighted by molar-refractivity contribution is 5.68. The molecule has 1 rings (SSSR count). The second-order valence-electron chi connectivity index (χ2n) is 4.95. The molecule has 0 radical (unpaired) electrons. The molecule has 1 unspecified atom stereocenters. The number of hydrogen-bond donors (Lipinski definition) is 1. The molecule has 0 aliphatic carbocycles. The van der Waals surface area contributed by atoms with Crippen LogP contribution in [0.1, 0.15) is 46.5 Å².